The molecule has 1 saturated heterocycles. The number of amidine groups is 1. The van der Waals surface area contributed by atoms with Crippen molar-refractivity contribution in [2.24, 2.45) is 10.9 Å². The zero-order valence-electron chi connectivity index (χ0n) is 21.8. The Morgan fingerprint density at radius 3 is 2.57 bits per heavy atom. The third-order valence-electron chi connectivity index (χ3n) is 6.29. The topological polar surface area (TPSA) is 134 Å². The van der Waals surface area contributed by atoms with Gasteiger partial charge in [0, 0.05) is 17.8 Å². The third kappa shape index (κ3) is 7.79. The Balaban J connectivity index is 1.66. The van der Waals surface area contributed by atoms with E-state index in [9.17, 15) is 14.4 Å². The summed E-state index contributed by atoms with van der Waals surface area (Å²) in [6.45, 7) is 7.42. The standard InChI is InChI=1S/C27H36N4O5S/c1-17(22(32)12-10-20-11-13-23(37-20)24(28)30-35)29-25(33)21-16-19(18-8-6-5-7-9-18)14-15-31(21)26(34)36-27(2,3)4/h5-9,11,13,17,19,21,35H,10,12,14-16H2,1-4H3,(H2,28,30)(H,29,33)/t17-,19-,21+/m0/s1. The molecule has 9 nitrogen and oxygen atoms in total. The molecule has 10 heteroatoms. The molecule has 0 aliphatic carbocycles. The van der Waals surface area contributed by atoms with Crippen LogP contribution in [0, 0.1) is 0 Å². The van der Waals surface area contributed by atoms with Crippen LogP contribution in [0.2, 0.25) is 0 Å². The molecule has 1 aromatic carbocycles. The lowest BCUT2D eigenvalue weighted by Crippen LogP contribution is -2.56. The first-order valence-corrected chi connectivity index (χ1v) is 13.2. The SMILES string of the molecule is C[C@H](NC(=O)[C@H]1C[C@@H](c2ccccc2)CCN1C(=O)OC(C)(C)C)C(=O)CCc1ccc(/C(N)=N/O)s1. The van der Waals surface area contributed by atoms with Crippen molar-refractivity contribution in [3.8, 4) is 0 Å². The number of ketones is 1. The van der Waals surface area contributed by atoms with E-state index in [0.717, 1.165) is 16.9 Å². The fourth-order valence-corrected chi connectivity index (χ4v) is 5.24. The molecule has 1 fully saturated rings. The van der Waals surface area contributed by atoms with Crippen LogP contribution < -0.4 is 11.1 Å². The largest absolute Gasteiger partial charge is 0.444 e. The molecule has 1 aliphatic rings. The number of oxime groups is 1. The van der Waals surface area contributed by atoms with Gasteiger partial charge in [0.05, 0.1) is 10.9 Å². The number of aryl methyl sites for hydroxylation is 1. The maximum Gasteiger partial charge on any atom is 0.410 e. The Morgan fingerprint density at radius 1 is 1.22 bits per heavy atom. The molecule has 0 spiro atoms. The number of nitrogens with two attached hydrogens (primary N) is 1. The molecule has 3 atom stereocenters. The van der Waals surface area contributed by atoms with Crippen molar-refractivity contribution in [2.75, 3.05) is 6.54 Å². The minimum Gasteiger partial charge on any atom is -0.444 e. The van der Waals surface area contributed by atoms with E-state index in [2.05, 4.69) is 10.5 Å². The highest BCUT2D eigenvalue weighted by Gasteiger charge is 2.39. The van der Waals surface area contributed by atoms with E-state index in [1.807, 2.05) is 36.4 Å². The number of thiophene rings is 1. The summed E-state index contributed by atoms with van der Waals surface area (Å²) in [5.41, 5.74) is 6.04. The fraction of sp³-hybridized carbons (Fsp3) is 0.481. The van der Waals surface area contributed by atoms with Gasteiger partial charge in [-0.1, -0.05) is 35.5 Å². The first kappa shape index (κ1) is 28.2. The van der Waals surface area contributed by atoms with Crippen molar-refractivity contribution in [3.63, 3.8) is 0 Å². The summed E-state index contributed by atoms with van der Waals surface area (Å²) in [6.07, 6.45) is 1.34. The molecule has 1 aromatic heterocycles. The molecule has 2 heterocycles. The number of benzene rings is 1. The van der Waals surface area contributed by atoms with Gasteiger partial charge in [-0.05, 0) is 70.6 Å². The van der Waals surface area contributed by atoms with Gasteiger partial charge in [0.1, 0.15) is 11.6 Å². The van der Waals surface area contributed by atoms with E-state index in [4.69, 9.17) is 15.7 Å². The van der Waals surface area contributed by atoms with Crippen LogP contribution in [-0.2, 0) is 20.7 Å². The zero-order valence-corrected chi connectivity index (χ0v) is 22.6. The maximum absolute atomic E-state index is 13.4. The average molecular weight is 529 g/mol. The molecule has 0 unspecified atom stereocenters. The number of nitrogens with one attached hydrogen (secondary N) is 1. The number of ether oxygens (including phenoxy) is 1. The minimum absolute atomic E-state index is 0.0269. The van der Waals surface area contributed by atoms with Gasteiger partial charge < -0.3 is 21.0 Å². The molecule has 2 amide bonds. The number of hydrogen-bond acceptors (Lipinski definition) is 7. The van der Waals surface area contributed by atoms with Gasteiger partial charge in [0.15, 0.2) is 11.6 Å². The summed E-state index contributed by atoms with van der Waals surface area (Å²) in [5, 5.41) is 14.6. The molecule has 0 bridgehead atoms. The van der Waals surface area contributed by atoms with E-state index >= 15 is 0 Å². The lowest BCUT2D eigenvalue weighted by atomic mass is 9.85. The molecule has 2 aromatic rings. The number of carbonyl (C=O) groups is 3. The first-order valence-electron chi connectivity index (χ1n) is 12.4. The van der Waals surface area contributed by atoms with Gasteiger partial charge in [-0.25, -0.2) is 4.79 Å². The van der Waals surface area contributed by atoms with Crippen LogP contribution in [0.1, 0.15) is 68.2 Å². The molecule has 1 aliphatic heterocycles. The molecule has 37 heavy (non-hydrogen) atoms. The second-order valence-corrected chi connectivity index (χ2v) is 11.4. The summed E-state index contributed by atoms with van der Waals surface area (Å²) in [5.74, 6) is -0.340. The van der Waals surface area contributed by atoms with Crippen LogP contribution in [0.5, 0.6) is 0 Å². The summed E-state index contributed by atoms with van der Waals surface area (Å²) >= 11 is 1.35. The quantitative estimate of drug-likeness (QED) is 0.205. The van der Waals surface area contributed by atoms with Crippen molar-refractivity contribution in [1.82, 2.24) is 10.2 Å². The van der Waals surface area contributed by atoms with Crippen LogP contribution >= 0.6 is 11.3 Å². The van der Waals surface area contributed by atoms with E-state index in [0.29, 0.717) is 24.3 Å². The van der Waals surface area contributed by atoms with Crippen LogP contribution in [0.4, 0.5) is 4.79 Å². The monoisotopic (exact) mass is 528 g/mol. The molecule has 200 valence electrons. The van der Waals surface area contributed by atoms with Gasteiger partial charge in [-0.15, -0.1) is 11.3 Å². The van der Waals surface area contributed by atoms with Gasteiger partial charge in [0.2, 0.25) is 5.91 Å². The third-order valence-corrected chi connectivity index (χ3v) is 7.45. The Bertz CT molecular complexity index is 1130. The second kappa shape index (κ2) is 12.2. The molecular weight excluding hydrogens is 492 g/mol. The summed E-state index contributed by atoms with van der Waals surface area (Å²) in [7, 11) is 0. The van der Waals surface area contributed by atoms with E-state index in [-0.39, 0.29) is 29.9 Å². The number of nitrogens with zero attached hydrogens (tertiary/aromatic N) is 2. The van der Waals surface area contributed by atoms with Gasteiger partial charge in [-0.2, -0.15) is 0 Å². The fourth-order valence-electron chi connectivity index (χ4n) is 4.33. The second-order valence-electron chi connectivity index (χ2n) is 10.3. The number of piperidine rings is 1. The molecule has 4 N–H and O–H groups in total. The zero-order chi connectivity index (χ0) is 27.2. The van der Waals surface area contributed by atoms with Crippen molar-refractivity contribution in [3.05, 3.63) is 57.8 Å². The highest BCUT2D eigenvalue weighted by Crippen LogP contribution is 2.32. The number of carbonyl (C=O) groups excluding carboxylic acids is 3. The molecule has 3 rings (SSSR count). The molecule has 0 saturated carbocycles. The van der Waals surface area contributed by atoms with Gasteiger partial charge >= 0.3 is 6.09 Å². The Morgan fingerprint density at radius 2 is 1.92 bits per heavy atom. The minimum atomic E-state index is -0.746. The van der Waals surface area contributed by atoms with E-state index < -0.39 is 23.8 Å². The predicted octanol–water partition coefficient (Wildman–Crippen LogP) is 4.03. The number of Topliss-reactive ketones (excluding diaryl/α,β-unsaturated/α-hetero) is 1. The maximum atomic E-state index is 13.4. The van der Waals surface area contributed by atoms with E-state index in [1.165, 1.54) is 16.2 Å². The normalized spacial score (nSPS) is 19.2. The summed E-state index contributed by atoms with van der Waals surface area (Å²) in [4.78, 5) is 42.2. The highest BCUT2D eigenvalue weighted by atomic mass is 32.1. The predicted molar refractivity (Wildman–Crippen MR) is 143 cm³/mol. The van der Waals surface area contributed by atoms with Crippen LogP contribution in [0.25, 0.3) is 0 Å². The number of likely N-dealkylation sites (tertiary alicyclic amines) is 1. The van der Waals surface area contributed by atoms with Crippen molar-refractivity contribution in [1.29, 1.82) is 0 Å². The van der Waals surface area contributed by atoms with Crippen molar-refractivity contribution >= 4 is 35.0 Å². The Labute approximate surface area is 221 Å². The number of hydrogen-bond donors (Lipinski definition) is 3. The lowest BCUT2D eigenvalue weighted by molar-refractivity contribution is -0.131. The van der Waals surface area contributed by atoms with E-state index in [1.54, 1.807) is 33.8 Å². The Kier molecular flexibility index (Phi) is 9.31. The summed E-state index contributed by atoms with van der Waals surface area (Å²) < 4.78 is 5.57. The molecular formula is C27H36N4O5S. The van der Waals surface area contributed by atoms with Crippen LogP contribution in [0.15, 0.2) is 47.6 Å². The van der Waals surface area contributed by atoms with Gasteiger partial charge in [0.25, 0.3) is 0 Å². The smallest absolute Gasteiger partial charge is 0.410 e. The summed E-state index contributed by atoms with van der Waals surface area (Å²) in [6, 6.07) is 12.1. The highest BCUT2D eigenvalue weighted by molar-refractivity contribution is 7.14. The van der Waals surface area contributed by atoms with Crippen molar-refractivity contribution in [2.45, 2.75) is 77.0 Å². The Hall–Kier alpha value is -3.40. The molecule has 0 radical (unpaired) electrons. The number of rotatable bonds is 8. The lowest BCUT2D eigenvalue weighted by Gasteiger charge is -2.39. The first-order chi connectivity index (χ1) is 17.5. The van der Waals surface area contributed by atoms with Crippen molar-refractivity contribution < 1.29 is 24.3 Å². The van der Waals surface area contributed by atoms with Gasteiger partial charge in [-0.3, -0.25) is 14.5 Å². The van der Waals surface area contributed by atoms with Crippen LogP contribution in [-0.4, -0.2) is 58.0 Å². The number of amides is 2. The van der Waals surface area contributed by atoms with Crippen LogP contribution in [0.3, 0.4) is 0 Å². The average Bonchev–Trinajstić information content (AvgIpc) is 3.35.